The summed E-state index contributed by atoms with van der Waals surface area (Å²) in [7, 11) is 1.56. The zero-order valence-corrected chi connectivity index (χ0v) is 17.2. The number of para-hydroxylation sites is 1. The van der Waals surface area contributed by atoms with Gasteiger partial charge >= 0.3 is 0 Å². The molecule has 2 aromatic rings. The summed E-state index contributed by atoms with van der Waals surface area (Å²) in [5.74, 6) is 0.288. The number of thioether (sulfide) groups is 1. The monoisotopic (exact) mass is 430 g/mol. The van der Waals surface area contributed by atoms with E-state index in [4.69, 9.17) is 16.3 Å². The highest BCUT2D eigenvalue weighted by Crippen LogP contribution is 2.34. The van der Waals surface area contributed by atoms with E-state index in [2.05, 4.69) is 10.3 Å². The third-order valence-corrected chi connectivity index (χ3v) is 6.15. The van der Waals surface area contributed by atoms with Crippen LogP contribution in [0.3, 0.4) is 0 Å². The zero-order valence-electron chi connectivity index (χ0n) is 15.7. The van der Waals surface area contributed by atoms with Crippen LogP contribution in [-0.2, 0) is 9.59 Å². The fourth-order valence-corrected chi connectivity index (χ4v) is 4.55. The molecule has 2 aliphatic heterocycles. The number of benzene rings is 2. The molecular weight excluding hydrogens is 412 g/mol. The number of nitrogens with zero attached hydrogens (tertiary/aromatic N) is 3. The standard InChI is InChI=1S/C20H19ClN4O3S/c1-28-16-8-7-14(9-15(16)21)24-11-22-20-25(12-24)19(27)17(29-20)10-18(26)23-13-5-3-2-4-6-13/h2-9,17H,10-12H2,1H3,(H,23,26)/t17-/m1/s1. The van der Waals surface area contributed by atoms with Crippen molar-refractivity contribution >= 4 is 51.7 Å². The molecule has 150 valence electrons. The number of carbonyl (C=O) groups is 2. The van der Waals surface area contributed by atoms with E-state index in [1.807, 2.05) is 41.3 Å². The van der Waals surface area contributed by atoms with E-state index < -0.39 is 5.25 Å². The first kappa shape index (κ1) is 19.6. The van der Waals surface area contributed by atoms with E-state index in [0.717, 1.165) is 5.69 Å². The minimum absolute atomic E-state index is 0.0995. The summed E-state index contributed by atoms with van der Waals surface area (Å²) < 4.78 is 5.18. The maximum atomic E-state index is 12.8. The highest BCUT2D eigenvalue weighted by molar-refractivity contribution is 8.15. The number of nitrogens with one attached hydrogen (secondary N) is 1. The van der Waals surface area contributed by atoms with Crippen LogP contribution in [0.5, 0.6) is 5.75 Å². The second kappa shape index (κ2) is 8.34. The van der Waals surface area contributed by atoms with Crippen molar-refractivity contribution in [2.24, 2.45) is 4.99 Å². The number of carbonyl (C=O) groups excluding carboxylic acids is 2. The lowest BCUT2D eigenvalue weighted by molar-refractivity contribution is -0.128. The first-order valence-electron chi connectivity index (χ1n) is 9.01. The molecular formula is C20H19ClN4O3S. The number of hydrogen-bond acceptors (Lipinski definition) is 6. The molecule has 2 aliphatic rings. The molecule has 0 aliphatic carbocycles. The summed E-state index contributed by atoms with van der Waals surface area (Å²) in [6.45, 7) is 0.780. The summed E-state index contributed by atoms with van der Waals surface area (Å²) in [5.41, 5.74) is 1.56. The Hall–Kier alpha value is -2.71. The topological polar surface area (TPSA) is 74.2 Å². The smallest absolute Gasteiger partial charge is 0.244 e. The van der Waals surface area contributed by atoms with E-state index >= 15 is 0 Å². The number of methoxy groups -OCH3 is 1. The predicted molar refractivity (Wildman–Crippen MR) is 116 cm³/mol. The van der Waals surface area contributed by atoms with Crippen molar-refractivity contribution in [3.05, 3.63) is 53.6 Å². The van der Waals surface area contributed by atoms with E-state index in [1.165, 1.54) is 11.8 Å². The Morgan fingerprint density at radius 3 is 2.83 bits per heavy atom. The van der Waals surface area contributed by atoms with Crippen LogP contribution in [-0.4, -0.2) is 47.6 Å². The molecule has 29 heavy (non-hydrogen) atoms. The van der Waals surface area contributed by atoms with Crippen molar-refractivity contribution in [2.75, 3.05) is 30.7 Å². The Bertz CT molecular complexity index is 969. The lowest BCUT2D eigenvalue weighted by Gasteiger charge is -2.32. The number of anilines is 2. The normalized spacial score (nSPS) is 18.3. The molecule has 2 amide bonds. The first-order valence-corrected chi connectivity index (χ1v) is 10.3. The summed E-state index contributed by atoms with van der Waals surface area (Å²) >= 11 is 7.56. The fourth-order valence-electron chi connectivity index (χ4n) is 3.17. The van der Waals surface area contributed by atoms with Crippen molar-refractivity contribution in [3.63, 3.8) is 0 Å². The van der Waals surface area contributed by atoms with Gasteiger partial charge in [0.05, 0.1) is 12.1 Å². The molecule has 0 unspecified atom stereocenters. The van der Waals surface area contributed by atoms with Gasteiger partial charge in [0.1, 0.15) is 24.3 Å². The third-order valence-electron chi connectivity index (χ3n) is 4.64. The highest BCUT2D eigenvalue weighted by Gasteiger charge is 2.41. The van der Waals surface area contributed by atoms with Crippen LogP contribution < -0.4 is 15.0 Å². The van der Waals surface area contributed by atoms with Gasteiger partial charge in [-0.1, -0.05) is 41.6 Å². The van der Waals surface area contributed by atoms with E-state index in [-0.39, 0.29) is 18.2 Å². The number of hydrogen-bond donors (Lipinski definition) is 1. The summed E-state index contributed by atoms with van der Waals surface area (Å²) in [4.78, 5) is 33.3. The number of aliphatic imine (C=N–C) groups is 1. The van der Waals surface area contributed by atoms with E-state index in [9.17, 15) is 9.59 Å². The van der Waals surface area contributed by atoms with Crippen LogP contribution >= 0.6 is 23.4 Å². The molecule has 4 rings (SSSR count). The highest BCUT2D eigenvalue weighted by atomic mass is 35.5. The van der Waals surface area contributed by atoms with Gasteiger partial charge in [0.2, 0.25) is 11.8 Å². The van der Waals surface area contributed by atoms with Crippen LogP contribution in [0.2, 0.25) is 5.02 Å². The van der Waals surface area contributed by atoms with Gasteiger partial charge in [-0.25, -0.2) is 4.99 Å². The SMILES string of the molecule is COc1ccc(N2CN=C3S[C@H](CC(=O)Nc4ccccc4)C(=O)N3C2)cc1Cl. The van der Waals surface area contributed by atoms with Crippen LogP contribution in [0, 0.1) is 0 Å². The lowest BCUT2D eigenvalue weighted by Crippen LogP contribution is -2.46. The molecule has 9 heteroatoms. The van der Waals surface area contributed by atoms with Gasteiger partial charge in [0.15, 0.2) is 5.17 Å². The van der Waals surface area contributed by atoms with Crippen LogP contribution in [0.4, 0.5) is 11.4 Å². The van der Waals surface area contributed by atoms with Gasteiger partial charge in [-0.3, -0.25) is 14.5 Å². The minimum atomic E-state index is -0.475. The number of amidine groups is 1. The number of amides is 2. The number of rotatable bonds is 5. The molecule has 7 nitrogen and oxygen atoms in total. The second-order valence-corrected chi connectivity index (χ2v) is 8.15. The molecule has 0 saturated carbocycles. The largest absolute Gasteiger partial charge is 0.495 e. The molecule has 2 heterocycles. The quantitative estimate of drug-likeness (QED) is 0.786. The van der Waals surface area contributed by atoms with Crippen molar-refractivity contribution in [1.29, 1.82) is 0 Å². The molecule has 0 bridgehead atoms. The molecule has 1 fully saturated rings. The maximum Gasteiger partial charge on any atom is 0.244 e. The molecule has 2 aromatic carbocycles. The Kier molecular flexibility index (Phi) is 5.64. The molecule has 0 radical (unpaired) electrons. The Balaban J connectivity index is 1.41. The Morgan fingerprint density at radius 1 is 1.31 bits per heavy atom. The zero-order chi connectivity index (χ0) is 20.4. The first-order chi connectivity index (χ1) is 14.0. The molecule has 0 spiro atoms. The maximum absolute atomic E-state index is 12.8. The molecule has 1 atom stereocenters. The van der Waals surface area contributed by atoms with E-state index in [1.54, 1.807) is 24.1 Å². The third kappa shape index (κ3) is 4.18. The number of fused-ring (bicyclic) bond motifs is 1. The summed E-state index contributed by atoms with van der Waals surface area (Å²) in [6.07, 6.45) is 0.0995. The average molecular weight is 431 g/mol. The molecule has 0 aromatic heterocycles. The van der Waals surface area contributed by atoms with Gasteiger partial charge in [-0.15, -0.1) is 0 Å². The van der Waals surface area contributed by atoms with Crippen molar-refractivity contribution in [2.45, 2.75) is 11.7 Å². The van der Waals surface area contributed by atoms with Crippen LogP contribution in [0.15, 0.2) is 53.5 Å². The van der Waals surface area contributed by atoms with Gasteiger partial charge < -0.3 is 15.0 Å². The summed E-state index contributed by atoms with van der Waals surface area (Å²) in [6, 6.07) is 14.7. The predicted octanol–water partition coefficient (Wildman–Crippen LogP) is 3.41. The minimum Gasteiger partial charge on any atom is -0.495 e. The van der Waals surface area contributed by atoms with Gasteiger partial charge in [0, 0.05) is 17.8 Å². The Labute approximate surface area is 177 Å². The second-order valence-electron chi connectivity index (χ2n) is 6.57. The van der Waals surface area contributed by atoms with Crippen LogP contribution in [0.1, 0.15) is 6.42 Å². The fraction of sp³-hybridized carbons (Fsp3) is 0.250. The van der Waals surface area contributed by atoms with E-state index in [0.29, 0.717) is 35.0 Å². The van der Waals surface area contributed by atoms with Gasteiger partial charge in [-0.2, -0.15) is 0 Å². The lowest BCUT2D eigenvalue weighted by atomic mass is 10.2. The summed E-state index contributed by atoms with van der Waals surface area (Å²) in [5, 5.41) is 3.50. The van der Waals surface area contributed by atoms with Crippen molar-refractivity contribution in [1.82, 2.24) is 4.90 Å². The van der Waals surface area contributed by atoms with Gasteiger partial charge in [0.25, 0.3) is 0 Å². The van der Waals surface area contributed by atoms with Gasteiger partial charge in [-0.05, 0) is 30.3 Å². The van der Waals surface area contributed by atoms with Crippen molar-refractivity contribution in [3.8, 4) is 5.75 Å². The molecule has 1 N–H and O–H groups in total. The molecule has 1 saturated heterocycles. The average Bonchev–Trinajstić information content (AvgIpc) is 3.03. The van der Waals surface area contributed by atoms with Crippen molar-refractivity contribution < 1.29 is 14.3 Å². The number of halogens is 1. The number of ether oxygens (including phenoxy) is 1. The Morgan fingerprint density at radius 2 is 2.10 bits per heavy atom. The van der Waals surface area contributed by atoms with Crippen LogP contribution in [0.25, 0.3) is 0 Å².